The Bertz CT molecular complexity index is 323. The van der Waals surface area contributed by atoms with Crippen LogP contribution in [0.5, 0.6) is 0 Å². The Balaban J connectivity index is 2.08. The first-order valence-electron chi connectivity index (χ1n) is 5.19. The molecule has 2 rings (SSSR count). The van der Waals surface area contributed by atoms with E-state index in [4.69, 9.17) is 4.74 Å². The van der Waals surface area contributed by atoms with Gasteiger partial charge in [0.2, 0.25) is 0 Å². The van der Waals surface area contributed by atoms with Crippen LogP contribution in [0.25, 0.3) is 0 Å². The fraction of sp³-hybridized carbons (Fsp3) is 0.600. The summed E-state index contributed by atoms with van der Waals surface area (Å²) in [5, 5.41) is 3.19. The van der Waals surface area contributed by atoms with Gasteiger partial charge in [0.05, 0.1) is 12.5 Å². The maximum absolute atomic E-state index is 11.6. The quantitative estimate of drug-likeness (QED) is 0.701. The van der Waals surface area contributed by atoms with Gasteiger partial charge in [-0.25, -0.2) is 4.98 Å². The normalized spacial score (nSPS) is 25.4. The Labute approximate surface area is 88.2 Å². The molecule has 2 atom stereocenters. The lowest BCUT2D eigenvalue weighted by Gasteiger charge is -2.14. The summed E-state index contributed by atoms with van der Waals surface area (Å²) in [4.78, 5) is 18.9. The molecule has 0 amide bonds. The molecule has 0 aromatic carbocycles. The number of nitrogens with one attached hydrogen (secondary N) is 2. The Hall–Kier alpha value is -1.36. The molecular formula is C10H15N3O2. The summed E-state index contributed by atoms with van der Waals surface area (Å²) in [6.45, 7) is 3.70. The van der Waals surface area contributed by atoms with E-state index in [-0.39, 0.29) is 17.8 Å². The van der Waals surface area contributed by atoms with E-state index in [9.17, 15) is 4.79 Å². The lowest BCUT2D eigenvalue weighted by Crippen LogP contribution is -2.24. The van der Waals surface area contributed by atoms with Crippen molar-refractivity contribution in [2.45, 2.75) is 12.8 Å². The van der Waals surface area contributed by atoms with Crippen molar-refractivity contribution in [3.8, 4) is 0 Å². The molecule has 5 heteroatoms. The van der Waals surface area contributed by atoms with Gasteiger partial charge in [0.25, 0.3) is 0 Å². The Morgan fingerprint density at radius 1 is 1.67 bits per heavy atom. The average Bonchev–Trinajstić information content (AvgIpc) is 2.88. The van der Waals surface area contributed by atoms with Crippen LogP contribution in [0.15, 0.2) is 12.4 Å². The van der Waals surface area contributed by atoms with Crippen molar-refractivity contribution in [1.29, 1.82) is 0 Å². The van der Waals surface area contributed by atoms with E-state index in [0.29, 0.717) is 13.2 Å². The fourth-order valence-corrected chi connectivity index (χ4v) is 1.94. The van der Waals surface area contributed by atoms with Crippen molar-refractivity contribution in [3.63, 3.8) is 0 Å². The largest absolute Gasteiger partial charge is 0.466 e. The van der Waals surface area contributed by atoms with Gasteiger partial charge in [0.15, 0.2) is 0 Å². The van der Waals surface area contributed by atoms with E-state index in [2.05, 4.69) is 15.3 Å². The van der Waals surface area contributed by atoms with Crippen molar-refractivity contribution < 1.29 is 9.53 Å². The molecule has 1 aromatic rings. The second kappa shape index (κ2) is 4.44. The summed E-state index contributed by atoms with van der Waals surface area (Å²) in [5.41, 5.74) is 0. The number of nitrogens with zero attached hydrogens (tertiary/aromatic N) is 1. The third-order valence-electron chi connectivity index (χ3n) is 2.67. The molecule has 1 aliphatic rings. The van der Waals surface area contributed by atoms with Crippen molar-refractivity contribution in [2.24, 2.45) is 5.92 Å². The molecule has 2 N–H and O–H groups in total. The highest BCUT2D eigenvalue weighted by Gasteiger charge is 2.36. The third-order valence-corrected chi connectivity index (χ3v) is 2.67. The molecule has 1 saturated heterocycles. The number of ether oxygens (including phenoxy) is 1. The van der Waals surface area contributed by atoms with Gasteiger partial charge in [-0.05, 0) is 6.92 Å². The van der Waals surface area contributed by atoms with Gasteiger partial charge < -0.3 is 15.0 Å². The molecule has 5 nitrogen and oxygen atoms in total. The first-order chi connectivity index (χ1) is 7.33. The minimum atomic E-state index is -0.135. The number of esters is 1. The smallest absolute Gasteiger partial charge is 0.311 e. The SMILES string of the molecule is CCOC(=O)C1CNCC1c1ncc[nH]1. The van der Waals surface area contributed by atoms with E-state index >= 15 is 0 Å². The molecule has 0 spiro atoms. The predicted molar refractivity (Wildman–Crippen MR) is 54.3 cm³/mol. The molecule has 1 aliphatic heterocycles. The lowest BCUT2D eigenvalue weighted by molar-refractivity contribution is -0.147. The van der Waals surface area contributed by atoms with Crippen LogP contribution in [0, 0.1) is 5.92 Å². The number of hydrogen-bond acceptors (Lipinski definition) is 4. The number of rotatable bonds is 3. The van der Waals surface area contributed by atoms with E-state index in [1.165, 1.54) is 0 Å². The highest BCUT2D eigenvalue weighted by atomic mass is 16.5. The summed E-state index contributed by atoms with van der Waals surface area (Å²) >= 11 is 0. The lowest BCUT2D eigenvalue weighted by atomic mass is 9.95. The summed E-state index contributed by atoms with van der Waals surface area (Å²) < 4.78 is 5.03. The van der Waals surface area contributed by atoms with Crippen LogP contribution >= 0.6 is 0 Å². The number of carbonyl (C=O) groups excluding carboxylic acids is 1. The predicted octanol–water partition coefficient (Wildman–Crippen LogP) is 0.276. The molecule has 0 saturated carbocycles. The molecule has 2 heterocycles. The van der Waals surface area contributed by atoms with Gasteiger partial charge in [-0.2, -0.15) is 0 Å². The Morgan fingerprint density at radius 2 is 2.53 bits per heavy atom. The highest BCUT2D eigenvalue weighted by molar-refractivity contribution is 5.74. The first kappa shape index (κ1) is 10.2. The van der Waals surface area contributed by atoms with E-state index in [0.717, 1.165) is 12.4 Å². The number of aromatic amines is 1. The maximum atomic E-state index is 11.6. The van der Waals surface area contributed by atoms with Gasteiger partial charge in [-0.1, -0.05) is 0 Å². The van der Waals surface area contributed by atoms with Crippen molar-refractivity contribution in [1.82, 2.24) is 15.3 Å². The van der Waals surface area contributed by atoms with Crippen molar-refractivity contribution in [3.05, 3.63) is 18.2 Å². The molecule has 0 bridgehead atoms. The second-order valence-electron chi connectivity index (χ2n) is 3.60. The van der Waals surface area contributed by atoms with Crippen LogP contribution < -0.4 is 5.32 Å². The topological polar surface area (TPSA) is 67.0 Å². The monoisotopic (exact) mass is 209 g/mol. The van der Waals surface area contributed by atoms with Gasteiger partial charge in [0, 0.05) is 31.4 Å². The summed E-state index contributed by atoms with van der Waals surface area (Å²) in [6, 6.07) is 0. The van der Waals surface area contributed by atoms with Crippen LogP contribution in [-0.2, 0) is 9.53 Å². The van der Waals surface area contributed by atoms with Crippen molar-refractivity contribution >= 4 is 5.97 Å². The van der Waals surface area contributed by atoms with Crippen LogP contribution in [0.1, 0.15) is 18.7 Å². The number of carbonyl (C=O) groups is 1. The minimum Gasteiger partial charge on any atom is -0.466 e. The van der Waals surface area contributed by atoms with Gasteiger partial charge in [-0.3, -0.25) is 4.79 Å². The van der Waals surface area contributed by atoms with Crippen LogP contribution in [0.4, 0.5) is 0 Å². The van der Waals surface area contributed by atoms with Crippen LogP contribution in [0.2, 0.25) is 0 Å². The van der Waals surface area contributed by atoms with Crippen LogP contribution in [-0.4, -0.2) is 35.6 Å². The maximum Gasteiger partial charge on any atom is 0.311 e. The molecular weight excluding hydrogens is 194 g/mol. The number of hydrogen-bond donors (Lipinski definition) is 2. The van der Waals surface area contributed by atoms with Crippen LogP contribution in [0.3, 0.4) is 0 Å². The molecule has 82 valence electrons. The zero-order chi connectivity index (χ0) is 10.7. The summed E-state index contributed by atoms with van der Waals surface area (Å²) in [7, 11) is 0. The molecule has 2 unspecified atom stereocenters. The standard InChI is InChI=1S/C10H15N3O2/c1-2-15-10(14)8-6-11-5-7(8)9-12-3-4-13-9/h3-4,7-8,11H,2,5-6H2,1H3,(H,12,13). The minimum absolute atomic E-state index is 0.110. The van der Waals surface area contributed by atoms with Gasteiger partial charge in [-0.15, -0.1) is 0 Å². The van der Waals surface area contributed by atoms with E-state index < -0.39 is 0 Å². The van der Waals surface area contributed by atoms with Crippen molar-refractivity contribution in [2.75, 3.05) is 19.7 Å². The highest BCUT2D eigenvalue weighted by Crippen LogP contribution is 2.26. The second-order valence-corrected chi connectivity index (χ2v) is 3.60. The average molecular weight is 209 g/mol. The van der Waals surface area contributed by atoms with E-state index in [1.807, 2.05) is 6.92 Å². The molecule has 15 heavy (non-hydrogen) atoms. The van der Waals surface area contributed by atoms with E-state index in [1.54, 1.807) is 12.4 Å². The molecule has 1 aromatic heterocycles. The molecule has 1 fully saturated rings. The zero-order valence-corrected chi connectivity index (χ0v) is 8.69. The number of imidazole rings is 1. The zero-order valence-electron chi connectivity index (χ0n) is 8.69. The fourth-order valence-electron chi connectivity index (χ4n) is 1.94. The van der Waals surface area contributed by atoms with Gasteiger partial charge in [0.1, 0.15) is 5.82 Å². The Morgan fingerprint density at radius 3 is 3.20 bits per heavy atom. The number of aromatic nitrogens is 2. The Kier molecular flexibility index (Phi) is 3.01. The summed E-state index contributed by atoms with van der Waals surface area (Å²) in [5.74, 6) is 0.720. The third kappa shape index (κ3) is 2.02. The number of H-pyrrole nitrogens is 1. The van der Waals surface area contributed by atoms with Gasteiger partial charge >= 0.3 is 5.97 Å². The molecule has 0 aliphatic carbocycles. The summed E-state index contributed by atoms with van der Waals surface area (Å²) in [6.07, 6.45) is 3.48. The first-order valence-corrected chi connectivity index (χ1v) is 5.19. The molecule has 0 radical (unpaired) electrons.